The number of ether oxygens (including phenoxy) is 1. The van der Waals surface area contributed by atoms with E-state index in [-0.39, 0.29) is 11.3 Å². The molecule has 1 fully saturated rings. The van der Waals surface area contributed by atoms with E-state index in [0.29, 0.717) is 32.6 Å². The number of hydrogen-bond acceptors (Lipinski definition) is 3. The molecule has 0 aromatic carbocycles. The predicted molar refractivity (Wildman–Crippen MR) is 64.9 cm³/mol. The van der Waals surface area contributed by atoms with Crippen LogP contribution < -0.4 is 5.32 Å². The standard InChI is InChI=1S/C13H19NO4/c1-13(7-18-8-13)6-14-11(15)9-4-2-3-5-10(9)12(16)17/h2-3,9-10H,4-8H2,1H3,(H,14,15)(H,16,17). The Morgan fingerprint density at radius 2 is 1.94 bits per heavy atom. The van der Waals surface area contributed by atoms with Crippen molar-refractivity contribution in [2.24, 2.45) is 17.3 Å². The van der Waals surface area contributed by atoms with Gasteiger partial charge in [0.2, 0.25) is 5.91 Å². The van der Waals surface area contributed by atoms with E-state index in [1.807, 2.05) is 19.1 Å². The second-order valence-corrected chi connectivity index (χ2v) is 5.52. The molecule has 1 aliphatic heterocycles. The van der Waals surface area contributed by atoms with Gasteiger partial charge in [-0.2, -0.15) is 0 Å². The Morgan fingerprint density at radius 3 is 2.44 bits per heavy atom. The number of rotatable bonds is 4. The van der Waals surface area contributed by atoms with E-state index in [0.717, 1.165) is 0 Å². The van der Waals surface area contributed by atoms with Gasteiger partial charge in [0.25, 0.3) is 0 Å². The molecular weight excluding hydrogens is 234 g/mol. The van der Waals surface area contributed by atoms with Gasteiger partial charge in [-0.25, -0.2) is 0 Å². The summed E-state index contributed by atoms with van der Waals surface area (Å²) in [6, 6.07) is 0. The van der Waals surface area contributed by atoms with Crippen molar-refractivity contribution in [2.45, 2.75) is 19.8 Å². The molecule has 5 heteroatoms. The van der Waals surface area contributed by atoms with Gasteiger partial charge in [-0.3, -0.25) is 9.59 Å². The maximum Gasteiger partial charge on any atom is 0.307 e. The number of nitrogens with one attached hydrogen (secondary N) is 1. The molecule has 2 N–H and O–H groups in total. The third kappa shape index (κ3) is 2.72. The first kappa shape index (κ1) is 13.1. The molecule has 2 aliphatic rings. The van der Waals surface area contributed by atoms with Gasteiger partial charge >= 0.3 is 5.97 Å². The van der Waals surface area contributed by atoms with E-state index in [1.165, 1.54) is 0 Å². The van der Waals surface area contributed by atoms with E-state index in [9.17, 15) is 9.59 Å². The van der Waals surface area contributed by atoms with Crippen LogP contribution in [0.2, 0.25) is 0 Å². The van der Waals surface area contributed by atoms with Gasteiger partial charge < -0.3 is 15.2 Å². The molecule has 0 radical (unpaired) electrons. The molecule has 1 heterocycles. The van der Waals surface area contributed by atoms with Crippen molar-refractivity contribution >= 4 is 11.9 Å². The number of carboxylic acids is 1. The number of hydrogen-bond donors (Lipinski definition) is 2. The largest absolute Gasteiger partial charge is 0.481 e. The van der Waals surface area contributed by atoms with E-state index < -0.39 is 17.8 Å². The molecule has 0 spiro atoms. The molecule has 5 nitrogen and oxygen atoms in total. The van der Waals surface area contributed by atoms with Crippen molar-refractivity contribution in [1.29, 1.82) is 0 Å². The predicted octanol–water partition coefficient (Wildman–Crippen LogP) is 0.806. The fraction of sp³-hybridized carbons (Fsp3) is 0.692. The first-order chi connectivity index (χ1) is 8.52. The minimum Gasteiger partial charge on any atom is -0.481 e. The highest BCUT2D eigenvalue weighted by molar-refractivity contribution is 5.85. The lowest BCUT2D eigenvalue weighted by Crippen LogP contribution is -2.50. The smallest absolute Gasteiger partial charge is 0.307 e. The summed E-state index contributed by atoms with van der Waals surface area (Å²) < 4.78 is 5.12. The summed E-state index contributed by atoms with van der Waals surface area (Å²) in [5.74, 6) is -2.09. The maximum absolute atomic E-state index is 12.1. The Labute approximate surface area is 106 Å². The summed E-state index contributed by atoms with van der Waals surface area (Å²) >= 11 is 0. The molecule has 18 heavy (non-hydrogen) atoms. The number of carbonyl (C=O) groups excluding carboxylic acids is 1. The molecule has 2 atom stereocenters. The van der Waals surface area contributed by atoms with Gasteiger partial charge in [-0.1, -0.05) is 19.1 Å². The van der Waals surface area contributed by atoms with E-state index in [4.69, 9.17) is 9.84 Å². The van der Waals surface area contributed by atoms with Crippen molar-refractivity contribution in [3.8, 4) is 0 Å². The van der Waals surface area contributed by atoms with Crippen LogP contribution in [0.4, 0.5) is 0 Å². The SMILES string of the molecule is CC1(CNC(=O)C2CC=CCC2C(=O)O)COC1. The van der Waals surface area contributed by atoms with Crippen LogP contribution in [0.25, 0.3) is 0 Å². The highest BCUT2D eigenvalue weighted by Gasteiger charge is 2.37. The first-order valence-electron chi connectivity index (χ1n) is 6.25. The van der Waals surface area contributed by atoms with Crippen LogP contribution in [0.15, 0.2) is 12.2 Å². The van der Waals surface area contributed by atoms with Crippen molar-refractivity contribution in [3.05, 3.63) is 12.2 Å². The summed E-state index contributed by atoms with van der Waals surface area (Å²) in [5.41, 5.74) is 0.0128. The van der Waals surface area contributed by atoms with E-state index in [2.05, 4.69) is 5.32 Å². The summed E-state index contributed by atoms with van der Waals surface area (Å²) in [7, 11) is 0. The lowest BCUT2D eigenvalue weighted by Gasteiger charge is -2.38. The number of carboxylic acid groups (broad SMARTS) is 1. The van der Waals surface area contributed by atoms with Gasteiger partial charge in [-0.05, 0) is 12.8 Å². The van der Waals surface area contributed by atoms with Gasteiger partial charge in [-0.15, -0.1) is 0 Å². The fourth-order valence-corrected chi connectivity index (χ4v) is 2.36. The van der Waals surface area contributed by atoms with Crippen LogP contribution in [-0.4, -0.2) is 36.7 Å². The van der Waals surface area contributed by atoms with Crippen molar-refractivity contribution in [3.63, 3.8) is 0 Å². The number of aliphatic carboxylic acids is 1. The minimum atomic E-state index is -0.891. The van der Waals surface area contributed by atoms with Crippen LogP contribution in [-0.2, 0) is 14.3 Å². The molecule has 1 amide bonds. The van der Waals surface area contributed by atoms with Crippen LogP contribution >= 0.6 is 0 Å². The third-order valence-electron chi connectivity index (χ3n) is 3.68. The second-order valence-electron chi connectivity index (χ2n) is 5.52. The normalized spacial score (nSPS) is 29.4. The fourth-order valence-electron chi connectivity index (χ4n) is 2.36. The highest BCUT2D eigenvalue weighted by Crippen LogP contribution is 2.28. The van der Waals surface area contributed by atoms with Crippen LogP contribution in [0.1, 0.15) is 19.8 Å². The molecule has 1 saturated heterocycles. The van der Waals surface area contributed by atoms with Gasteiger partial charge in [0, 0.05) is 12.0 Å². The Balaban J connectivity index is 1.90. The molecule has 0 aromatic heterocycles. The van der Waals surface area contributed by atoms with Crippen LogP contribution in [0.3, 0.4) is 0 Å². The van der Waals surface area contributed by atoms with Crippen LogP contribution in [0, 0.1) is 17.3 Å². The van der Waals surface area contributed by atoms with Crippen molar-refractivity contribution < 1.29 is 19.4 Å². The zero-order valence-electron chi connectivity index (χ0n) is 10.5. The Bertz CT molecular complexity index is 373. The minimum absolute atomic E-state index is 0.0128. The van der Waals surface area contributed by atoms with Crippen molar-refractivity contribution in [2.75, 3.05) is 19.8 Å². The van der Waals surface area contributed by atoms with Crippen LogP contribution in [0.5, 0.6) is 0 Å². The zero-order chi connectivity index (χ0) is 13.2. The topological polar surface area (TPSA) is 75.6 Å². The lowest BCUT2D eigenvalue weighted by molar-refractivity contribution is -0.148. The molecule has 0 bridgehead atoms. The Morgan fingerprint density at radius 1 is 1.33 bits per heavy atom. The van der Waals surface area contributed by atoms with Crippen molar-refractivity contribution in [1.82, 2.24) is 5.32 Å². The number of carbonyl (C=O) groups is 2. The summed E-state index contributed by atoms with van der Waals surface area (Å²) in [6.45, 7) is 3.91. The summed E-state index contributed by atoms with van der Waals surface area (Å²) in [6.07, 6.45) is 4.67. The average Bonchev–Trinajstić information content (AvgIpc) is 2.33. The summed E-state index contributed by atoms with van der Waals surface area (Å²) in [5, 5.41) is 12.0. The van der Waals surface area contributed by atoms with E-state index >= 15 is 0 Å². The average molecular weight is 253 g/mol. The summed E-state index contributed by atoms with van der Waals surface area (Å²) in [4.78, 5) is 23.2. The maximum atomic E-state index is 12.1. The number of amides is 1. The Hall–Kier alpha value is -1.36. The molecule has 100 valence electrons. The van der Waals surface area contributed by atoms with Gasteiger partial charge in [0.05, 0.1) is 25.0 Å². The first-order valence-corrected chi connectivity index (χ1v) is 6.25. The molecule has 2 unspecified atom stereocenters. The molecule has 2 rings (SSSR count). The molecule has 1 aliphatic carbocycles. The number of allylic oxidation sites excluding steroid dienone is 2. The van der Waals surface area contributed by atoms with Gasteiger partial charge in [0.1, 0.15) is 0 Å². The molecule has 0 aromatic rings. The third-order valence-corrected chi connectivity index (χ3v) is 3.68. The Kier molecular flexibility index (Phi) is 3.71. The molecular formula is C13H19NO4. The van der Waals surface area contributed by atoms with E-state index in [1.54, 1.807) is 0 Å². The van der Waals surface area contributed by atoms with Gasteiger partial charge in [0.15, 0.2) is 0 Å². The highest BCUT2D eigenvalue weighted by atomic mass is 16.5. The monoisotopic (exact) mass is 253 g/mol. The lowest BCUT2D eigenvalue weighted by atomic mass is 9.82. The zero-order valence-corrected chi connectivity index (χ0v) is 10.5. The quantitative estimate of drug-likeness (QED) is 0.727. The second kappa shape index (κ2) is 5.10. The molecule has 0 saturated carbocycles.